The maximum absolute atomic E-state index is 12.3. The Bertz CT molecular complexity index is 953. The highest BCUT2D eigenvalue weighted by Crippen LogP contribution is 2.14. The second-order valence-electron chi connectivity index (χ2n) is 6.44. The van der Waals surface area contributed by atoms with Crippen molar-refractivity contribution in [2.75, 3.05) is 5.32 Å². The van der Waals surface area contributed by atoms with Gasteiger partial charge in [0.1, 0.15) is 0 Å². The summed E-state index contributed by atoms with van der Waals surface area (Å²) in [5.74, 6) is -0.218. The van der Waals surface area contributed by atoms with Crippen molar-refractivity contribution in [3.8, 4) is 0 Å². The van der Waals surface area contributed by atoms with E-state index < -0.39 is 0 Å². The van der Waals surface area contributed by atoms with Gasteiger partial charge in [0.2, 0.25) is 0 Å². The number of hydrogen-bond donors (Lipinski definition) is 2. The van der Waals surface area contributed by atoms with Crippen molar-refractivity contribution in [1.29, 1.82) is 0 Å². The van der Waals surface area contributed by atoms with Crippen LogP contribution < -0.4 is 10.6 Å². The highest BCUT2D eigenvalue weighted by Gasteiger charge is 2.09. The van der Waals surface area contributed by atoms with Crippen molar-refractivity contribution in [3.05, 3.63) is 94.8 Å². The van der Waals surface area contributed by atoms with Gasteiger partial charge in [-0.2, -0.15) is 0 Å². The smallest absolute Gasteiger partial charge is 0.257 e. The van der Waals surface area contributed by atoms with E-state index in [1.54, 1.807) is 18.5 Å². The summed E-state index contributed by atoms with van der Waals surface area (Å²) in [5, 5.41) is 6.05. The van der Waals surface area contributed by atoms with E-state index >= 15 is 0 Å². The molecular formula is C22H21N3OS. The van der Waals surface area contributed by atoms with E-state index in [2.05, 4.69) is 15.6 Å². The van der Waals surface area contributed by atoms with E-state index in [1.165, 1.54) is 11.1 Å². The van der Waals surface area contributed by atoms with Gasteiger partial charge in [-0.15, -0.1) is 0 Å². The molecule has 0 radical (unpaired) electrons. The van der Waals surface area contributed by atoms with Crippen LogP contribution in [0.1, 0.15) is 32.6 Å². The molecule has 3 aromatic rings. The van der Waals surface area contributed by atoms with E-state index in [0.717, 1.165) is 23.2 Å². The Hall–Kier alpha value is -3.05. The normalized spacial score (nSPS) is 10.3. The molecule has 4 nitrogen and oxygen atoms in total. The number of benzene rings is 2. The molecule has 0 saturated carbocycles. The molecule has 1 heterocycles. The number of hydrogen-bond acceptors (Lipinski definition) is 3. The molecule has 3 rings (SSSR count). The third-order valence-electron chi connectivity index (χ3n) is 4.37. The summed E-state index contributed by atoms with van der Waals surface area (Å²) in [7, 11) is 0. The molecule has 2 N–H and O–H groups in total. The van der Waals surface area contributed by atoms with Crippen LogP contribution in [0.2, 0.25) is 0 Å². The van der Waals surface area contributed by atoms with Gasteiger partial charge in [0.25, 0.3) is 5.91 Å². The molecule has 0 bridgehead atoms. The van der Waals surface area contributed by atoms with Crippen molar-refractivity contribution < 1.29 is 4.79 Å². The number of anilines is 1. The van der Waals surface area contributed by atoms with E-state index in [0.29, 0.717) is 5.56 Å². The number of pyridine rings is 1. The number of amides is 1. The summed E-state index contributed by atoms with van der Waals surface area (Å²) in [4.78, 5) is 16.4. The molecule has 1 amide bonds. The second-order valence-corrected chi connectivity index (χ2v) is 6.84. The molecule has 0 fully saturated rings. The fourth-order valence-corrected chi connectivity index (χ4v) is 2.87. The number of carbonyl (C=O) groups is 1. The van der Waals surface area contributed by atoms with Gasteiger partial charge in [-0.05, 0) is 91.1 Å². The lowest BCUT2D eigenvalue weighted by atomic mass is 10.1. The molecule has 0 atom stereocenters. The Balaban J connectivity index is 1.57. The Morgan fingerprint density at radius 2 is 1.59 bits per heavy atom. The number of thiocarbonyl (C=S) groups is 1. The van der Waals surface area contributed by atoms with E-state index in [1.807, 2.05) is 62.4 Å². The first-order chi connectivity index (χ1) is 13.0. The van der Waals surface area contributed by atoms with Gasteiger partial charge in [-0.25, -0.2) is 0 Å². The standard InChI is InChI=1S/C22H21N3OS/c1-15-3-6-19(13-16(15)2)21(26)25-22(27)24-20-7-4-17(5-8-20)14-18-9-11-23-12-10-18/h3-13H,14H2,1-2H3,(H2,24,25,26,27). The van der Waals surface area contributed by atoms with Gasteiger partial charge in [0.15, 0.2) is 5.11 Å². The molecule has 0 saturated heterocycles. The zero-order chi connectivity index (χ0) is 19.2. The summed E-state index contributed by atoms with van der Waals surface area (Å²) in [6.45, 7) is 4.00. The van der Waals surface area contributed by atoms with Crippen LogP contribution in [-0.4, -0.2) is 16.0 Å². The van der Waals surface area contributed by atoms with E-state index in [9.17, 15) is 4.79 Å². The van der Waals surface area contributed by atoms with Crippen molar-refractivity contribution >= 4 is 28.9 Å². The second kappa shape index (κ2) is 8.56. The first-order valence-electron chi connectivity index (χ1n) is 8.69. The van der Waals surface area contributed by atoms with Gasteiger partial charge in [0, 0.05) is 23.6 Å². The first-order valence-corrected chi connectivity index (χ1v) is 9.09. The van der Waals surface area contributed by atoms with Crippen molar-refractivity contribution in [1.82, 2.24) is 10.3 Å². The third kappa shape index (κ3) is 5.21. The molecule has 0 aliphatic heterocycles. The van der Waals surface area contributed by atoms with Crippen molar-refractivity contribution in [2.24, 2.45) is 0 Å². The quantitative estimate of drug-likeness (QED) is 0.663. The molecule has 27 heavy (non-hydrogen) atoms. The fourth-order valence-electron chi connectivity index (χ4n) is 2.66. The highest BCUT2D eigenvalue weighted by atomic mass is 32.1. The number of carbonyl (C=O) groups excluding carboxylic acids is 1. The summed E-state index contributed by atoms with van der Waals surface area (Å²) in [6.07, 6.45) is 4.43. The predicted octanol–water partition coefficient (Wildman–Crippen LogP) is 4.42. The van der Waals surface area contributed by atoms with Crippen LogP contribution in [0.5, 0.6) is 0 Å². The average molecular weight is 375 g/mol. The van der Waals surface area contributed by atoms with Crippen LogP contribution in [-0.2, 0) is 6.42 Å². The summed E-state index contributed by atoms with van der Waals surface area (Å²) in [6, 6.07) is 17.6. The number of aryl methyl sites for hydroxylation is 2. The number of aromatic nitrogens is 1. The predicted molar refractivity (Wildman–Crippen MR) is 113 cm³/mol. The zero-order valence-corrected chi connectivity index (χ0v) is 16.1. The lowest BCUT2D eigenvalue weighted by molar-refractivity contribution is 0.0977. The molecule has 0 unspecified atom stereocenters. The zero-order valence-electron chi connectivity index (χ0n) is 15.3. The van der Waals surface area contributed by atoms with Crippen LogP contribution in [0, 0.1) is 13.8 Å². The number of nitrogens with one attached hydrogen (secondary N) is 2. The van der Waals surface area contributed by atoms with Crippen LogP contribution in [0.15, 0.2) is 67.0 Å². The first kappa shape index (κ1) is 18.7. The maximum atomic E-state index is 12.3. The van der Waals surface area contributed by atoms with Crippen LogP contribution >= 0.6 is 12.2 Å². The Kier molecular flexibility index (Phi) is 5.94. The maximum Gasteiger partial charge on any atom is 0.257 e. The van der Waals surface area contributed by atoms with Gasteiger partial charge >= 0.3 is 0 Å². The SMILES string of the molecule is Cc1ccc(C(=O)NC(=S)Nc2ccc(Cc3ccncc3)cc2)cc1C. The molecule has 136 valence electrons. The topological polar surface area (TPSA) is 54.0 Å². The molecule has 0 aliphatic rings. The lowest BCUT2D eigenvalue weighted by Crippen LogP contribution is -2.34. The van der Waals surface area contributed by atoms with Gasteiger partial charge in [0.05, 0.1) is 0 Å². The Labute approximate surface area is 164 Å². The molecule has 5 heteroatoms. The largest absolute Gasteiger partial charge is 0.332 e. The lowest BCUT2D eigenvalue weighted by Gasteiger charge is -2.11. The van der Waals surface area contributed by atoms with Crippen LogP contribution in [0.4, 0.5) is 5.69 Å². The molecule has 0 aliphatic carbocycles. The van der Waals surface area contributed by atoms with E-state index in [4.69, 9.17) is 12.2 Å². The minimum absolute atomic E-state index is 0.218. The number of rotatable bonds is 4. The number of nitrogens with zero attached hydrogens (tertiary/aromatic N) is 1. The monoisotopic (exact) mass is 375 g/mol. The van der Waals surface area contributed by atoms with Crippen molar-refractivity contribution in [3.63, 3.8) is 0 Å². The minimum atomic E-state index is -0.218. The molecular weight excluding hydrogens is 354 g/mol. The Morgan fingerprint density at radius 3 is 2.26 bits per heavy atom. The summed E-state index contributed by atoms with van der Waals surface area (Å²) >= 11 is 5.26. The van der Waals surface area contributed by atoms with Gasteiger partial charge < -0.3 is 5.32 Å². The fraction of sp³-hybridized carbons (Fsp3) is 0.136. The molecule has 1 aromatic heterocycles. The van der Waals surface area contributed by atoms with Gasteiger partial charge in [-0.1, -0.05) is 18.2 Å². The Morgan fingerprint density at radius 1 is 0.926 bits per heavy atom. The van der Waals surface area contributed by atoms with Crippen LogP contribution in [0.25, 0.3) is 0 Å². The third-order valence-corrected chi connectivity index (χ3v) is 4.57. The van der Waals surface area contributed by atoms with Crippen molar-refractivity contribution in [2.45, 2.75) is 20.3 Å². The average Bonchev–Trinajstić information content (AvgIpc) is 2.66. The van der Waals surface area contributed by atoms with E-state index in [-0.39, 0.29) is 11.0 Å². The molecule has 0 spiro atoms. The summed E-state index contributed by atoms with van der Waals surface area (Å²) in [5.41, 5.74) is 6.05. The highest BCUT2D eigenvalue weighted by molar-refractivity contribution is 7.80. The minimum Gasteiger partial charge on any atom is -0.332 e. The summed E-state index contributed by atoms with van der Waals surface area (Å²) < 4.78 is 0. The van der Waals surface area contributed by atoms with Gasteiger partial charge in [-0.3, -0.25) is 15.1 Å². The molecule has 2 aromatic carbocycles. The van der Waals surface area contributed by atoms with Crippen LogP contribution in [0.3, 0.4) is 0 Å².